The summed E-state index contributed by atoms with van der Waals surface area (Å²) in [6.45, 7) is 5.86. The molecule has 1 aliphatic rings. The number of hydrogen-bond acceptors (Lipinski definition) is 4. The number of rotatable bonds is 6. The van der Waals surface area contributed by atoms with Crippen LogP contribution in [0.15, 0.2) is 0 Å². The number of ether oxygens (including phenoxy) is 1. The fourth-order valence-corrected chi connectivity index (χ4v) is 1.81. The zero-order valence-electron chi connectivity index (χ0n) is 11.0. The fraction of sp³-hybridized carbons (Fsp3) is 0.833. The van der Waals surface area contributed by atoms with Crippen molar-refractivity contribution in [3.8, 4) is 0 Å². The van der Waals surface area contributed by atoms with Crippen LogP contribution in [0.3, 0.4) is 0 Å². The van der Waals surface area contributed by atoms with Gasteiger partial charge in [0, 0.05) is 19.0 Å². The second-order valence-electron chi connectivity index (χ2n) is 4.75. The Labute approximate surface area is 107 Å². The average molecular weight is 258 g/mol. The minimum absolute atomic E-state index is 0.00936. The second kappa shape index (κ2) is 7.33. The lowest BCUT2D eigenvalue weighted by Gasteiger charge is -2.31. The van der Waals surface area contributed by atoms with Crippen molar-refractivity contribution in [2.75, 3.05) is 26.2 Å². The summed E-state index contributed by atoms with van der Waals surface area (Å²) in [5.74, 6) is -0.996. The van der Waals surface area contributed by atoms with Crippen molar-refractivity contribution in [3.05, 3.63) is 0 Å². The molecule has 0 aromatic carbocycles. The van der Waals surface area contributed by atoms with E-state index in [1.54, 1.807) is 4.90 Å². The SMILES string of the molecule is CC(C)NCCCC(=O)N1CCOC(C(=O)O)C1. The van der Waals surface area contributed by atoms with Crippen molar-refractivity contribution in [1.29, 1.82) is 0 Å². The molecule has 1 fully saturated rings. The summed E-state index contributed by atoms with van der Waals surface area (Å²) in [6, 6.07) is 0.417. The molecule has 1 atom stereocenters. The van der Waals surface area contributed by atoms with Crippen LogP contribution in [-0.2, 0) is 14.3 Å². The summed E-state index contributed by atoms with van der Waals surface area (Å²) in [5.41, 5.74) is 0. The van der Waals surface area contributed by atoms with E-state index in [1.807, 2.05) is 0 Å². The van der Waals surface area contributed by atoms with E-state index in [2.05, 4.69) is 19.2 Å². The molecule has 0 spiro atoms. The number of carboxylic acids is 1. The molecule has 0 radical (unpaired) electrons. The Morgan fingerprint density at radius 3 is 2.83 bits per heavy atom. The van der Waals surface area contributed by atoms with Crippen LogP contribution < -0.4 is 5.32 Å². The molecule has 1 unspecified atom stereocenters. The molecule has 1 saturated heterocycles. The van der Waals surface area contributed by atoms with Crippen LogP contribution >= 0.6 is 0 Å². The molecule has 18 heavy (non-hydrogen) atoms. The van der Waals surface area contributed by atoms with Gasteiger partial charge in [-0.05, 0) is 13.0 Å². The van der Waals surface area contributed by atoms with Crippen LogP contribution in [0.5, 0.6) is 0 Å². The lowest BCUT2D eigenvalue weighted by molar-refractivity contribution is -0.159. The zero-order valence-corrected chi connectivity index (χ0v) is 11.0. The van der Waals surface area contributed by atoms with Gasteiger partial charge in [0.25, 0.3) is 0 Å². The Hall–Kier alpha value is -1.14. The highest BCUT2D eigenvalue weighted by Gasteiger charge is 2.28. The van der Waals surface area contributed by atoms with E-state index in [9.17, 15) is 9.59 Å². The summed E-state index contributed by atoms with van der Waals surface area (Å²) in [5, 5.41) is 12.1. The van der Waals surface area contributed by atoms with Crippen molar-refractivity contribution < 1.29 is 19.4 Å². The molecule has 0 aromatic heterocycles. The topological polar surface area (TPSA) is 78.9 Å². The Bertz CT molecular complexity index is 294. The Morgan fingerprint density at radius 2 is 2.22 bits per heavy atom. The summed E-state index contributed by atoms with van der Waals surface area (Å²) >= 11 is 0. The summed E-state index contributed by atoms with van der Waals surface area (Å²) in [4.78, 5) is 24.2. The number of nitrogens with zero attached hydrogens (tertiary/aromatic N) is 1. The second-order valence-corrected chi connectivity index (χ2v) is 4.75. The number of carbonyl (C=O) groups is 2. The Kier molecular flexibility index (Phi) is 6.07. The van der Waals surface area contributed by atoms with Gasteiger partial charge in [-0.25, -0.2) is 4.79 Å². The number of amides is 1. The molecule has 6 heteroatoms. The zero-order chi connectivity index (χ0) is 13.5. The van der Waals surface area contributed by atoms with E-state index in [4.69, 9.17) is 9.84 Å². The number of morpholine rings is 1. The minimum Gasteiger partial charge on any atom is -0.479 e. The van der Waals surface area contributed by atoms with Crippen LogP contribution in [0.4, 0.5) is 0 Å². The third kappa shape index (κ3) is 5.01. The molecule has 0 saturated carbocycles. The maximum absolute atomic E-state index is 11.9. The molecule has 1 heterocycles. The quantitative estimate of drug-likeness (QED) is 0.659. The predicted molar refractivity (Wildman–Crippen MR) is 66.3 cm³/mol. The molecular formula is C12H22N2O4. The smallest absolute Gasteiger partial charge is 0.334 e. The van der Waals surface area contributed by atoms with Gasteiger partial charge in [-0.15, -0.1) is 0 Å². The van der Waals surface area contributed by atoms with Crippen LogP contribution in [-0.4, -0.2) is 60.3 Å². The van der Waals surface area contributed by atoms with Gasteiger partial charge in [-0.3, -0.25) is 4.79 Å². The number of aliphatic carboxylic acids is 1. The first-order valence-electron chi connectivity index (χ1n) is 6.36. The number of carbonyl (C=O) groups excluding carboxylic acids is 1. The molecule has 0 aliphatic carbocycles. The Morgan fingerprint density at radius 1 is 1.50 bits per heavy atom. The largest absolute Gasteiger partial charge is 0.479 e. The first-order chi connectivity index (χ1) is 8.50. The monoisotopic (exact) mass is 258 g/mol. The highest BCUT2D eigenvalue weighted by Crippen LogP contribution is 2.08. The minimum atomic E-state index is -1.01. The lowest BCUT2D eigenvalue weighted by Crippen LogP contribution is -2.48. The first-order valence-corrected chi connectivity index (χ1v) is 6.36. The van der Waals surface area contributed by atoms with Gasteiger partial charge < -0.3 is 20.1 Å². The van der Waals surface area contributed by atoms with E-state index in [0.717, 1.165) is 13.0 Å². The van der Waals surface area contributed by atoms with Crippen LogP contribution in [0.2, 0.25) is 0 Å². The predicted octanol–water partition coefficient (Wildman–Crippen LogP) is 0.0766. The average Bonchev–Trinajstić information content (AvgIpc) is 2.34. The molecule has 0 aromatic rings. The van der Waals surface area contributed by atoms with Crippen molar-refractivity contribution >= 4 is 11.9 Å². The molecule has 6 nitrogen and oxygen atoms in total. The Balaban J connectivity index is 2.26. The van der Waals surface area contributed by atoms with Crippen LogP contribution in [0.1, 0.15) is 26.7 Å². The fourth-order valence-electron chi connectivity index (χ4n) is 1.81. The maximum Gasteiger partial charge on any atom is 0.334 e. The van der Waals surface area contributed by atoms with Gasteiger partial charge in [0.2, 0.25) is 5.91 Å². The van der Waals surface area contributed by atoms with Gasteiger partial charge in [-0.1, -0.05) is 13.8 Å². The van der Waals surface area contributed by atoms with E-state index < -0.39 is 12.1 Å². The third-order valence-electron chi connectivity index (χ3n) is 2.81. The van der Waals surface area contributed by atoms with E-state index >= 15 is 0 Å². The maximum atomic E-state index is 11.9. The third-order valence-corrected chi connectivity index (χ3v) is 2.81. The van der Waals surface area contributed by atoms with Crippen LogP contribution in [0.25, 0.3) is 0 Å². The van der Waals surface area contributed by atoms with Gasteiger partial charge >= 0.3 is 5.97 Å². The van der Waals surface area contributed by atoms with Gasteiger partial charge in [0.05, 0.1) is 13.2 Å². The highest BCUT2D eigenvalue weighted by atomic mass is 16.5. The summed E-state index contributed by atoms with van der Waals surface area (Å²) in [7, 11) is 0. The van der Waals surface area contributed by atoms with Crippen molar-refractivity contribution in [1.82, 2.24) is 10.2 Å². The molecule has 1 rings (SSSR count). The normalized spacial score (nSPS) is 20.2. The number of carboxylic acid groups (broad SMARTS) is 1. The highest BCUT2D eigenvalue weighted by molar-refractivity contribution is 5.78. The van der Waals surface area contributed by atoms with Crippen molar-refractivity contribution in [2.24, 2.45) is 0 Å². The summed E-state index contributed by atoms with van der Waals surface area (Å²) < 4.78 is 5.07. The van der Waals surface area contributed by atoms with E-state index in [-0.39, 0.29) is 12.5 Å². The van der Waals surface area contributed by atoms with Gasteiger partial charge in [0.1, 0.15) is 0 Å². The van der Waals surface area contributed by atoms with Crippen molar-refractivity contribution in [2.45, 2.75) is 38.8 Å². The summed E-state index contributed by atoms with van der Waals surface area (Å²) in [6.07, 6.45) is 0.342. The molecule has 2 N–H and O–H groups in total. The van der Waals surface area contributed by atoms with Crippen molar-refractivity contribution in [3.63, 3.8) is 0 Å². The standard InChI is InChI=1S/C12H22N2O4/c1-9(2)13-5-3-4-11(15)14-6-7-18-10(8-14)12(16)17/h9-10,13H,3-8H2,1-2H3,(H,16,17). The van der Waals surface area contributed by atoms with Crippen LogP contribution in [0, 0.1) is 0 Å². The van der Waals surface area contributed by atoms with E-state index in [0.29, 0.717) is 25.6 Å². The molecule has 1 aliphatic heterocycles. The molecule has 1 amide bonds. The molecular weight excluding hydrogens is 236 g/mol. The number of nitrogens with one attached hydrogen (secondary N) is 1. The number of hydrogen-bond donors (Lipinski definition) is 2. The molecule has 104 valence electrons. The van der Waals surface area contributed by atoms with Gasteiger partial charge in [-0.2, -0.15) is 0 Å². The first kappa shape index (κ1) is 14.9. The molecule has 0 bridgehead atoms. The van der Waals surface area contributed by atoms with Gasteiger partial charge in [0.15, 0.2) is 6.10 Å². The van der Waals surface area contributed by atoms with E-state index in [1.165, 1.54) is 0 Å². The lowest BCUT2D eigenvalue weighted by atomic mass is 10.2.